The number of benzene rings is 2. The van der Waals surface area contributed by atoms with Crippen molar-refractivity contribution in [3.63, 3.8) is 0 Å². The zero-order valence-corrected chi connectivity index (χ0v) is 20.2. The molecule has 0 bridgehead atoms. The van der Waals surface area contributed by atoms with Gasteiger partial charge in [0.1, 0.15) is 23.5 Å². The van der Waals surface area contributed by atoms with Crippen molar-refractivity contribution in [2.45, 2.75) is 32.7 Å². The Morgan fingerprint density at radius 2 is 1.97 bits per heavy atom. The van der Waals surface area contributed by atoms with E-state index in [2.05, 4.69) is 10.6 Å². The van der Waals surface area contributed by atoms with Crippen LogP contribution in [0.5, 0.6) is 5.75 Å². The van der Waals surface area contributed by atoms with Gasteiger partial charge in [-0.1, -0.05) is 41.9 Å². The summed E-state index contributed by atoms with van der Waals surface area (Å²) in [6, 6.07) is 15.2. The number of nitrogens with zero attached hydrogens (tertiary/aromatic N) is 1. The number of nitrogens with one attached hydrogen (secondary N) is 2. The molecule has 176 valence electrons. The third-order valence-electron chi connectivity index (χ3n) is 5.93. The van der Waals surface area contributed by atoms with Crippen LogP contribution in [-0.2, 0) is 24.3 Å². The SMILES string of the molecule is CCOC(=O)N1CCc2c(sc3c2C(=O)N[C@H](c2ccc(OCc4ccccc4Cl)cc2)N3)C1. The van der Waals surface area contributed by atoms with Crippen LogP contribution in [-0.4, -0.2) is 30.1 Å². The zero-order chi connectivity index (χ0) is 23.7. The number of fused-ring (bicyclic) bond motifs is 3. The predicted octanol–water partition coefficient (Wildman–Crippen LogP) is 5.35. The quantitative estimate of drug-likeness (QED) is 0.496. The van der Waals surface area contributed by atoms with Crippen molar-refractivity contribution in [2.75, 3.05) is 18.5 Å². The number of rotatable bonds is 5. The van der Waals surface area contributed by atoms with E-state index in [1.807, 2.05) is 48.5 Å². The van der Waals surface area contributed by atoms with Gasteiger partial charge in [0.05, 0.1) is 18.7 Å². The number of halogens is 1. The fourth-order valence-electron chi connectivity index (χ4n) is 4.19. The molecular weight excluding hydrogens is 474 g/mol. The normalized spacial score (nSPS) is 16.7. The summed E-state index contributed by atoms with van der Waals surface area (Å²) in [7, 11) is 0. The molecule has 0 aliphatic carbocycles. The number of anilines is 1. The molecule has 1 aromatic heterocycles. The molecule has 9 heteroatoms. The zero-order valence-electron chi connectivity index (χ0n) is 18.6. The summed E-state index contributed by atoms with van der Waals surface area (Å²) in [6.45, 7) is 3.52. The highest BCUT2D eigenvalue weighted by atomic mass is 35.5. The molecule has 0 spiro atoms. The lowest BCUT2D eigenvalue weighted by Gasteiger charge is -2.28. The van der Waals surface area contributed by atoms with Gasteiger partial charge >= 0.3 is 6.09 Å². The van der Waals surface area contributed by atoms with Gasteiger partial charge in [0.15, 0.2) is 0 Å². The Kier molecular flexibility index (Phi) is 6.34. The first kappa shape index (κ1) is 22.6. The minimum absolute atomic E-state index is 0.0973. The van der Waals surface area contributed by atoms with Gasteiger partial charge < -0.3 is 25.0 Å². The number of thiophene rings is 1. The lowest BCUT2D eigenvalue weighted by molar-refractivity contribution is 0.0934. The molecule has 3 heterocycles. The van der Waals surface area contributed by atoms with E-state index in [9.17, 15) is 9.59 Å². The number of carbonyl (C=O) groups is 2. The highest BCUT2D eigenvalue weighted by Crippen LogP contribution is 2.41. The average molecular weight is 498 g/mol. The van der Waals surface area contributed by atoms with Gasteiger partial charge in [0.25, 0.3) is 5.91 Å². The molecule has 2 aliphatic rings. The topological polar surface area (TPSA) is 79.9 Å². The van der Waals surface area contributed by atoms with E-state index in [-0.39, 0.29) is 18.2 Å². The first-order chi connectivity index (χ1) is 16.5. The van der Waals surface area contributed by atoms with Crippen molar-refractivity contribution >= 4 is 39.9 Å². The summed E-state index contributed by atoms with van der Waals surface area (Å²) in [6.07, 6.45) is -0.0254. The van der Waals surface area contributed by atoms with Gasteiger partial charge in [0, 0.05) is 22.0 Å². The molecule has 0 fully saturated rings. The second-order valence-corrected chi connectivity index (χ2v) is 9.59. The number of amides is 2. The van der Waals surface area contributed by atoms with Gasteiger partial charge in [-0.25, -0.2) is 4.79 Å². The van der Waals surface area contributed by atoms with Crippen LogP contribution < -0.4 is 15.4 Å². The number of hydrogen-bond donors (Lipinski definition) is 2. The molecule has 0 saturated heterocycles. The van der Waals surface area contributed by atoms with Crippen LogP contribution in [0.15, 0.2) is 48.5 Å². The van der Waals surface area contributed by atoms with Crippen LogP contribution >= 0.6 is 22.9 Å². The molecule has 0 unspecified atom stereocenters. The summed E-state index contributed by atoms with van der Waals surface area (Å²) < 4.78 is 11.0. The lowest BCUT2D eigenvalue weighted by Crippen LogP contribution is -2.39. The molecule has 7 nitrogen and oxygen atoms in total. The molecule has 2 amide bonds. The standard InChI is InChI=1S/C25H24ClN3O4S/c1-2-32-25(31)29-12-11-18-20(13-29)34-24-21(18)23(30)27-22(28-24)15-7-9-17(10-8-15)33-14-16-5-3-4-6-19(16)26/h3-10,22,28H,2,11-14H2,1H3,(H,27,30)/t22-/m0/s1. The highest BCUT2D eigenvalue weighted by molar-refractivity contribution is 7.16. The van der Waals surface area contributed by atoms with E-state index in [0.717, 1.165) is 32.3 Å². The van der Waals surface area contributed by atoms with Crippen LogP contribution in [0.1, 0.15) is 45.0 Å². The first-order valence-electron chi connectivity index (χ1n) is 11.1. The van der Waals surface area contributed by atoms with Crippen LogP contribution in [0.4, 0.5) is 9.80 Å². The predicted molar refractivity (Wildman–Crippen MR) is 132 cm³/mol. The second kappa shape index (κ2) is 9.56. The Labute approximate surface area is 206 Å². The van der Waals surface area contributed by atoms with E-state index >= 15 is 0 Å². The number of ether oxygens (including phenoxy) is 2. The van der Waals surface area contributed by atoms with Gasteiger partial charge in [-0.2, -0.15) is 0 Å². The van der Waals surface area contributed by atoms with Gasteiger partial charge in [-0.3, -0.25) is 4.79 Å². The summed E-state index contributed by atoms with van der Waals surface area (Å²) in [4.78, 5) is 27.8. The first-order valence-corrected chi connectivity index (χ1v) is 12.3. The molecule has 3 aromatic rings. The molecule has 0 radical (unpaired) electrons. The van der Waals surface area contributed by atoms with E-state index in [4.69, 9.17) is 21.1 Å². The van der Waals surface area contributed by atoms with Crippen molar-refractivity contribution in [1.82, 2.24) is 10.2 Å². The second-order valence-electron chi connectivity index (χ2n) is 8.08. The largest absolute Gasteiger partial charge is 0.489 e. The summed E-state index contributed by atoms with van der Waals surface area (Å²) in [5.74, 6) is 0.622. The number of carbonyl (C=O) groups excluding carboxylic acids is 2. The van der Waals surface area contributed by atoms with Crippen LogP contribution in [0.25, 0.3) is 0 Å². The highest BCUT2D eigenvalue weighted by Gasteiger charge is 2.34. The van der Waals surface area contributed by atoms with E-state index in [1.165, 1.54) is 11.3 Å². The van der Waals surface area contributed by atoms with E-state index < -0.39 is 0 Å². The monoisotopic (exact) mass is 497 g/mol. The Morgan fingerprint density at radius 1 is 1.18 bits per heavy atom. The molecular formula is C25H24ClN3O4S. The van der Waals surface area contributed by atoms with E-state index in [0.29, 0.717) is 43.3 Å². The lowest BCUT2D eigenvalue weighted by atomic mass is 10.0. The molecule has 2 N–H and O–H groups in total. The molecule has 2 aliphatic heterocycles. The Morgan fingerprint density at radius 3 is 2.74 bits per heavy atom. The van der Waals surface area contributed by atoms with Crippen LogP contribution in [0, 0.1) is 0 Å². The average Bonchev–Trinajstić information content (AvgIpc) is 3.22. The Hall–Kier alpha value is -3.23. The maximum atomic E-state index is 13.0. The Bertz CT molecular complexity index is 1230. The van der Waals surface area contributed by atoms with Crippen molar-refractivity contribution in [3.8, 4) is 5.75 Å². The summed E-state index contributed by atoms with van der Waals surface area (Å²) >= 11 is 7.73. The minimum Gasteiger partial charge on any atom is -0.489 e. The summed E-state index contributed by atoms with van der Waals surface area (Å²) in [5.41, 5.74) is 3.56. The Balaban J connectivity index is 1.27. The van der Waals surface area contributed by atoms with Crippen molar-refractivity contribution in [3.05, 3.63) is 80.7 Å². The molecule has 1 atom stereocenters. The summed E-state index contributed by atoms with van der Waals surface area (Å²) in [5, 5.41) is 8.02. The third-order valence-corrected chi connectivity index (χ3v) is 7.44. The van der Waals surface area contributed by atoms with Crippen LogP contribution in [0.3, 0.4) is 0 Å². The third kappa shape index (κ3) is 4.43. The van der Waals surface area contributed by atoms with E-state index in [1.54, 1.807) is 11.8 Å². The van der Waals surface area contributed by atoms with Gasteiger partial charge in [-0.05, 0) is 42.7 Å². The fourth-order valence-corrected chi connectivity index (χ4v) is 5.67. The smallest absolute Gasteiger partial charge is 0.410 e. The molecule has 2 aromatic carbocycles. The fraction of sp³-hybridized carbons (Fsp3) is 0.280. The molecule has 34 heavy (non-hydrogen) atoms. The van der Waals surface area contributed by atoms with Crippen LogP contribution in [0.2, 0.25) is 5.02 Å². The number of hydrogen-bond acceptors (Lipinski definition) is 6. The van der Waals surface area contributed by atoms with Crippen molar-refractivity contribution in [2.24, 2.45) is 0 Å². The maximum Gasteiger partial charge on any atom is 0.410 e. The molecule has 0 saturated carbocycles. The van der Waals surface area contributed by atoms with Gasteiger partial charge in [-0.15, -0.1) is 11.3 Å². The van der Waals surface area contributed by atoms with Gasteiger partial charge in [0.2, 0.25) is 0 Å². The molecule has 5 rings (SSSR count). The van der Waals surface area contributed by atoms with Crippen molar-refractivity contribution < 1.29 is 19.1 Å². The maximum absolute atomic E-state index is 13.0. The van der Waals surface area contributed by atoms with Crippen molar-refractivity contribution in [1.29, 1.82) is 0 Å². The minimum atomic E-state index is -0.348.